The molecule has 54 valence electrons. The minimum atomic E-state index is 0.662. The first-order chi connectivity index (χ1) is 4.09. The average molecular weight is 128 g/mol. The van der Waals surface area contributed by atoms with Gasteiger partial charge < -0.3 is 0 Å². The Labute approximate surface area is 58.4 Å². The molecule has 1 atom stereocenters. The van der Waals surface area contributed by atoms with E-state index in [1.165, 1.54) is 0 Å². The molecule has 0 heterocycles. The van der Waals surface area contributed by atoms with E-state index in [0.717, 1.165) is 5.92 Å². The fourth-order valence-corrected chi connectivity index (χ4v) is 0.705. The Kier molecular flexibility index (Phi) is 3.52. The molecule has 0 aliphatic heterocycles. The quantitative estimate of drug-likeness (QED) is 0.394. The number of hydrogen-bond acceptors (Lipinski definition) is 0. The number of rotatable bonds is 2. The van der Waals surface area contributed by atoms with Gasteiger partial charge in [0.1, 0.15) is 13.3 Å². The molecule has 0 aliphatic rings. The molecule has 0 spiro atoms. The summed E-state index contributed by atoms with van der Waals surface area (Å²) in [7, 11) is 2.12. The first kappa shape index (κ1) is 8.67. The minimum absolute atomic E-state index is 0.662. The maximum absolute atomic E-state index is 2.24. The summed E-state index contributed by atoms with van der Waals surface area (Å²) in [6.07, 6.45) is 2.12. The lowest BCUT2D eigenvalue weighted by Crippen LogP contribution is -2.25. The lowest BCUT2D eigenvalue weighted by atomic mass is 10.1. The van der Waals surface area contributed by atoms with Crippen molar-refractivity contribution in [3.8, 4) is 0 Å². The van der Waals surface area contributed by atoms with Gasteiger partial charge in [0.2, 0.25) is 0 Å². The highest BCUT2D eigenvalue weighted by Gasteiger charge is 2.12. The van der Waals surface area contributed by atoms with Crippen LogP contribution in [0.5, 0.6) is 0 Å². The maximum atomic E-state index is 2.24. The Balaban J connectivity index is 3.88. The Bertz CT molecular complexity index is 103. The van der Waals surface area contributed by atoms with Crippen LogP contribution in [0.15, 0.2) is 0 Å². The molecule has 0 aliphatic carbocycles. The summed E-state index contributed by atoms with van der Waals surface area (Å²) >= 11 is 0. The third-order valence-corrected chi connectivity index (χ3v) is 2.01. The van der Waals surface area contributed by atoms with Gasteiger partial charge in [0.15, 0.2) is 6.04 Å². The molecule has 0 aromatic rings. The van der Waals surface area contributed by atoms with Crippen LogP contribution in [0, 0.1) is 5.92 Å². The standard InChI is InChI=1S/C8H18N/c1-6-9(5)8(4)7(2)3/h6-8H,1-5H3/q+1. The zero-order valence-corrected chi connectivity index (χ0v) is 7.18. The molecule has 0 bridgehead atoms. The molecule has 0 N–H and O–H groups in total. The molecule has 0 rings (SSSR count). The second-order valence-electron chi connectivity index (χ2n) is 2.91. The van der Waals surface area contributed by atoms with Crippen molar-refractivity contribution in [2.24, 2.45) is 5.92 Å². The van der Waals surface area contributed by atoms with Crippen LogP contribution in [-0.4, -0.2) is 23.9 Å². The van der Waals surface area contributed by atoms with Gasteiger partial charge in [-0.1, -0.05) is 13.8 Å². The zero-order valence-electron chi connectivity index (χ0n) is 7.18. The van der Waals surface area contributed by atoms with E-state index in [0.29, 0.717) is 6.04 Å². The normalized spacial score (nSPS) is 16.4. The van der Waals surface area contributed by atoms with E-state index in [1.807, 2.05) is 0 Å². The van der Waals surface area contributed by atoms with Gasteiger partial charge >= 0.3 is 0 Å². The van der Waals surface area contributed by atoms with E-state index in [4.69, 9.17) is 0 Å². The minimum Gasteiger partial charge on any atom is -0.240 e. The SMILES string of the molecule is CC=[N+](C)C(C)C(C)C. The number of hydrogen-bond donors (Lipinski definition) is 0. The molecule has 0 radical (unpaired) electrons. The zero-order chi connectivity index (χ0) is 7.44. The molecular formula is C8H18N+. The highest BCUT2D eigenvalue weighted by Crippen LogP contribution is 2.02. The molecule has 0 fully saturated rings. The third-order valence-electron chi connectivity index (χ3n) is 2.01. The van der Waals surface area contributed by atoms with Crippen LogP contribution < -0.4 is 0 Å². The summed E-state index contributed by atoms with van der Waals surface area (Å²) in [5.74, 6) is 0.742. The van der Waals surface area contributed by atoms with Crippen molar-refractivity contribution in [2.45, 2.75) is 33.7 Å². The van der Waals surface area contributed by atoms with Crippen LogP contribution in [-0.2, 0) is 0 Å². The van der Waals surface area contributed by atoms with E-state index in [-0.39, 0.29) is 0 Å². The molecule has 0 saturated carbocycles. The summed E-state index contributed by atoms with van der Waals surface area (Å²) in [6.45, 7) is 8.79. The maximum Gasteiger partial charge on any atom is 0.151 e. The first-order valence-electron chi connectivity index (χ1n) is 3.61. The van der Waals surface area contributed by atoms with Crippen molar-refractivity contribution in [3.63, 3.8) is 0 Å². The van der Waals surface area contributed by atoms with Crippen LogP contribution in [0.1, 0.15) is 27.7 Å². The Morgan fingerprint density at radius 3 is 1.78 bits per heavy atom. The van der Waals surface area contributed by atoms with Crippen molar-refractivity contribution in [2.75, 3.05) is 7.05 Å². The summed E-state index contributed by atoms with van der Waals surface area (Å²) in [4.78, 5) is 0. The Morgan fingerprint density at radius 1 is 1.22 bits per heavy atom. The van der Waals surface area contributed by atoms with Gasteiger partial charge in [0.05, 0.1) is 0 Å². The Hall–Kier alpha value is -0.330. The van der Waals surface area contributed by atoms with Gasteiger partial charge in [-0.2, -0.15) is 0 Å². The second kappa shape index (κ2) is 3.65. The van der Waals surface area contributed by atoms with Crippen LogP contribution in [0.25, 0.3) is 0 Å². The van der Waals surface area contributed by atoms with Crippen LogP contribution in [0.2, 0.25) is 0 Å². The van der Waals surface area contributed by atoms with Gasteiger partial charge in [-0.3, -0.25) is 0 Å². The lowest BCUT2D eigenvalue weighted by Gasteiger charge is -2.10. The van der Waals surface area contributed by atoms with Gasteiger partial charge in [-0.15, -0.1) is 0 Å². The third kappa shape index (κ3) is 2.64. The lowest BCUT2D eigenvalue weighted by molar-refractivity contribution is -0.537. The smallest absolute Gasteiger partial charge is 0.151 e. The van der Waals surface area contributed by atoms with Crippen molar-refractivity contribution in [1.82, 2.24) is 0 Å². The molecule has 1 nitrogen and oxygen atoms in total. The van der Waals surface area contributed by atoms with Crippen LogP contribution >= 0.6 is 0 Å². The summed E-state index contributed by atoms with van der Waals surface area (Å²) < 4.78 is 2.24. The summed E-state index contributed by atoms with van der Waals surface area (Å²) in [5, 5.41) is 0. The fourth-order valence-electron chi connectivity index (χ4n) is 0.705. The second-order valence-corrected chi connectivity index (χ2v) is 2.91. The predicted molar refractivity (Wildman–Crippen MR) is 42.2 cm³/mol. The highest BCUT2D eigenvalue weighted by molar-refractivity contribution is 5.46. The monoisotopic (exact) mass is 128 g/mol. The van der Waals surface area contributed by atoms with Gasteiger partial charge in [0.25, 0.3) is 0 Å². The van der Waals surface area contributed by atoms with E-state index in [2.05, 4.69) is 45.5 Å². The van der Waals surface area contributed by atoms with Crippen molar-refractivity contribution < 1.29 is 4.58 Å². The highest BCUT2D eigenvalue weighted by atomic mass is 15.0. The largest absolute Gasteiger partial charge is 0.240 e. The fraction of sp³-hybridized carbons (Fsp3) is 0.875. The summed E-state index contributed by atoms with van der Waals surface area (Å²) in [5.41, 5.74) is 0. The Morgan fingerprint density at radius 2 is 1.67 bits per heavy atom. The van der Waals surface area contributed by atoms with E-state index < -0.39 is 0 Å². The number of nitrogens with zero attached hydrogens (tertiary/aromatic N) is 1. The molecule has 1 unspecified atom stereocenters. The van der Waals surface area contributed by atoms with Gasteiger partial charge in [-0.25, -0.2) is 4.58 Å². The van der Waals surface area contributed by atoms with Gasteiger partial charge in [-0.05, 0) is 6.92 Å². The molecular weight excluding hydrogens is 110 g/mol. The molecule has 0 aromatic heterocycles. The van der Waals surface area contributed by atoms with Crippen molar-refractivity contribution >= 4 is 6.21 Å². The predicted octanol–water partition coefficient (Wildman–Crippen LogP) is 1.76. The van der Waals surface area contributed by atoms with Crippen molar-refractivity contribution in [3.05, 3.63) is 0 Å². The van der Waals surface area contributed by atoms with Crippen LogP contribution in [0.4, 0.5) is 0 Å². The van der Waals surface area contributed by atoms with Crippen LogP contribution in [0.3, 0.4) is 0 Å². The van der Waals surface area contributed by atoms with E-state index in [1.54, 1.807) is 0 Å². The molecule has 0 saturated heterocycles. The molecule has 0 aromatic carbocycles. The van der Waals surface area contributed by atoms with Gasteiger partial charge in [0, 0.05) is 12.8 Å². The summed E-state index contributed by atoms with van der Waals surface area (Å²) in [6, 6.07) is 0.662. The van der Waals surface area contributed by atoms with E-state index in [9.17, 15) is 0 Å². The first-order valence-corrected chi connectivity index (χ1v) is 3.61. The molecule has 1 heteroatoms. The molecule has 0 amide bonds. The average Bonchev–Trinajstić information content (AvgIpc) is 1.84. The van der Waals surface area contributed by atoms with Crippen molar-refractivity contribution in [1.29, 1.82) is 0 Å². The molecule has 9 heavy (non-hydrogen) atoms. The topological polar surface area (TPSA) is 3.01 Å². The van der Waals surface area contributed by atoms with E-state index >= 15 is 0 Å².